The lowest BCUT2D eigenvalue weighted by Gasteiger charge is -2.41. The molecule has 0 amide bonds. The Morgan fingerprint density at radius 3 is 2.59 bits per heavy atom. The molecule has 124 valence electrons. The van der Waals surface area contributed by atoms with Gasteiger partial charge in [-0.3, -0.25) is 14.6 Å². The first-order valence-corrected chi connectivity index (χ1v) is 8.18. The second-order valence-electron chi connectivity index (χ2n) is 6.66. The molecule has 1 aromatic rings. The summed E-state index contributed by atoms with van der Waals surface area (Å²) >= 11 is 0. The lowest BCUT2D eigenvalue weighted by Crippen LogP contribution is -2.54. The number of nitrogens with one attached hydrogen (secondary N) is 2. The van der Waals surface area contributed by atoms with E-state index in [2.05, 4.69) is 39.5 Å². The number of hydrogen-bond donors (Lipinski definition) is 2. The molecule has 1 aromatic heterocycles. The number of likely N-dealkylation sites (tertiary alicyclic amines) is 1. The third kappa shape index (κ3) is 4.73. The molecule has 0 spiro atoms. The van der Waals surface area contributed by atoms with Crippen molar-refractivity contribution in [1.82, 2.24) is 25.3 Å². The summed E-state index contributed by atoms with van der Waals surface area (Å²) in [7, 11) is 3.74. The fraction of sp³-hybridized carbons (Fsp3) is 0.750. The molecule has 0 unspecified atom stereocenters. The second kappa shape index (κ2) is 7.63. The summed E-state index contributed by atoms with van der Waals surface area (Å²) < 4.78 is 1.81. The molecule has 6 nitrogen and oxygen atoms in total. The monoisotopic (exact) mass is 306 g/mol. The van der Waals surface area contributed by atoms with Crippen LogP contribution in [0.25, 0.3) is 0 Å². The molecule has 1 aliphatic rings. The smallest absolute Gasteiger partial charge is 0.191 e. The normalized spacial score (nSPS) is 17.5. The largest absolute Gasteiger partial charge is 0.355 e. The Bertz CT molecular complexity index is 485. The maximum atomic E-state index is 4.31. The predicted molar refractivity (Wildman–Crippen MR) is 90.9 cm³/mol. The zero-order chi connectivity index (χ0) is 16.0. The van der Waals surface area contributed by atoms with Crippen molar-refractivity contribution >= 4 is 5.96 Å². The minimum atomic E-state index is 0.145. The van der Waals surface area contributed by atoms with E-state index in [4.69, 9.17) is 0 Å². The van der Waals surface area contributed by atoms with E-state index in [0.717, 1.165) is 24.6 Å². The van der Waals surface area contributed by atoms with Crippen LogP contribution in [0.3, 0.4) is 0 Å². The Morgan fingerprint density at radius 1 is 1.27 bits per heavy atom. The van der Waals surface area contributed by atoms with Gasteiger partial charge in [0.25, 0.3) is 0 Å². The highest BCUT2D eigenvalue weighted by molar-refractivity contribution is 5.79. The molecule has 1 saturated heterocycles. The van der Waals surface area contributed by atoms with E-state index in [9.17, 15) is 0 Å². The molecule has 0 saturated carbocycles. The average Bonchev–Trinajstić information content (AvgIpc) is 2.94. The van der Waals surface area contributed by atoms with Crippen molar-refractivity contribution in [2.75, 3.05) is 26.7 Å². The van der Waals surface area contributed by atoms with E-state index in [1.807, 2.05) is 31.2 Å². The highest BCUT2D eigenvalue weighted by atomic mass is 15.3. The fourth-order valence-corrected chi connectivity index (χ4v) is 2.88. The van der Waals surface area contributed by atoms with Crippen molar-refractivity contribution in [3.05, 3.63) is 18.0 Å². The van der Waals surface area contributed by atoms with Crippen molar-refractivity contribution in [3.8, 4) is 0 Å². The van der Waals surface area contributed by atoms with Crippen LogP contribution in [0, 0.1) is 0 Å². The molecule has 22 heavy (non-hydrogen) atoms. The SMILES string of the molecule is CN=C(NCc1cnn(C)c1)NCC(C)(C)N1CCCCC1. The minimum Gasteiger partial charge on any atom is -0.355 e. The summed E-state index contributed by atoms with van der Waals surface area (Å²) in [6.45, 7) is 8.64. The number of aryl methyl sites for hydroxylation is 1. The molecule has 0 aromatic carbocycles. The highest BCUT2D eigenvalue weighted by Gasteiger charge is 2.27. The van der Waals surface area contributed by atoms with Gasteiger partial charge in [-0.25, -0.2) is 0 Å². The Kier molecular flexibility index (Phi) is 5.83. The minimum absolute atomic E-state index is 0.145. The summed E-state index contributed by atoms with van der Waals surface area (Å²) in [4.78, 5) is 6.89. The van der Waals surface area contributed by atoms with Gasteiger partial charge in [-0.2, -0.15) is 5.10 Å². The molecule has 6 heteroatoms. The molecular formula is C16H30N6. The number of rotatable bonds is 5. The van der Waals surface area contributed by atoms with Crippen molar-refractivity contribution in [3.63, 3.8) is 0 Å². The van der Waals surface area contributed by atoms with E-state index < -0.39 is 0 Å². The van der Waals surface area contributed by atoms with E-state index in [1.165, 1.54) is 32.4 Å². The molecule has 0 radical (unpaired) electrons. The van der Waals surface area contributed by atoms with Crippen molar-refractivity contribution < 1.29 is 0 Å². The van der Waals surface area contributed by atoms with Gasteiger partial charge >= 0.3 is 0 Å². The molecule has 2 rings (SSSR count). The zero-order valence-corrected chi connectivity index (χ0v) is 14.4. The third-order valence-electron chi connectivity index (χ3n) is 4.34. The van der Waals surface area contributed by atoms with Gasteiger partial charge in [-0.05, 0) is 39.8 Å². The molecule has 1 aliphatic heterocycles. The second-order valence-corrected chi connectivity index (χ2v) is 6.66. The van der Waals surface area contributed by atoms with Crippen LogP contribution in [-0.2, 0) is 13.6 Å². The van der Waals surface area contributed by atoms with Gasteiger partial charge in [0.15, 0.2) is 5.96 Å². The van der Waals surface area contributed by atoms with Crippen molar-refractivity contribution in [1.29, 1.82) is 0 Å². The lowest BCUT2D eigenvalue weighted by molar-refractivity contribution is 0.0982. The first kappa shape index (κ1) is 16.8. The fourth-order valence-electron chi connectivity index (χ4n) is 2.88. The van der Waals surface area contributed by atoms with Crippen molar-refractivity contribution in [2.45, 2.75) is 45.2 Å². The van der Waals surface area contributed by atoms with Gasteiger partial charge in [0.2, 0.25) is 0 Å². The number of piperidine rings is 1. The Balaban J connectivity index is 1.79. The topological polar surface area (TPSA) is 57.5 Å². The van der Waals surface area contributed by atoms with Gasteiger partial charge in [-0.1, -0.05) is 6.42 Å². The molecule has 2 N–H and O–H groups in total. The van der Waals surface area contributed by atoms with E-state index in [1.54, 1.807) is 0 Å². The molecular weight excluding hydrogens is 276 g/mol. The van der Waals surface area contributed by atoms with Gasteiger partial charge in [-0.15, -0.1) is 0 Å². The van der Waals surface area contributed by atoms with Gasteiger partial charge in [0.05, 0.1) is 6.20 Å². The number of guanidine groups is 1. The maximum absolute atomic E-state index is 4.31. The highest BCUT2D eigenvalue weighted by Crippen LogP contribution is 2.19. The van der Waals surface area contributed by atoms with Gasteiger partial charge < -0.3 is 10.6 Å². The maximum Gasteiger partial charge on any atom is 0.191 e. The predicted octanol–water partition coefficient (Wildman–Crippen LogP) is 1.35. The summed E-state index contributed by atoms with van der Waals surface area (Å²) in [6.07, 6.45) is 7.89. The average molecular weight is 306 g/mol. The van der Waals surface area contributed by atoms with E-state index in [-0.39, 0.29) is 5.54 Å². The van der Waals surface area contributed by atoms with Crippen LogP contribution in [0.5, 0.6) is 0 Å². The molecule has 2 heterocycles. The Labute approximate surface area is 134 Å². The van der Waals surface area contributed by atoms with Crippen LogP contribution in [0.1, 0.15) is 38.7 Å². The van der Waals surface area contributed by atoms with Crippen LogP contribution in [0.15, 0.2) is 17.4 Å². The van der Waals surface area contributed by atoms with Crippen LogP contribution in [0.4, 0.5) is 0 Å². The first-order chi connectivity index (χ1) is 10.5. The number of nitrogens with zero attached hydrogens (tertiary/aromatic N) is 4. The van der Waals surface area contributed by atoms with Crippen LogP contribution in [0.2, 0.25) is 0 Å². The van der Waals surface area contributed by atoms with Crippen LogP contribution in [-0.4, -0.2) is 52.9 Å². The van der Waals surface area contributed by atoms with E-state index in [0.29, 0.717) is 0 Å². The number of aliphatic imine (C=N–C) groups is 1. The standard InChI is InChI=1S/C16H30N6/c1-16(2,22-8-6-5-7-9-22)13-19-15(17-3)18-10-14-11-20-21(4)12-14/h11-12H,5-10,13H2,1-4H3,(H2,17,18,19). The summed E-state index contributed by atoms with van der Waals surface area (Å²) in [6, 6.07) is 0. The van der Waals surface area contributed by atoms with E-state index >= 15 is 0 Å². The Morgan fingerprint density at radius 2 is 2.00 bits per heavy atom. The number of aromatic nitrogens is 2. The van der Waals surface area contributed by atoms with Crippen molar-refractivity contribution in [2.24, 2.45) is 12.0 Å². The molecule has 1 fully saturated rings. The van der Waals surface area contributed by atoms with Crippen LogP contribution >= 0.6 is 0 Å². The summed E-state index contributed by atoms with van der Waals surface area (Å²) in [5.74, 6) is 0.842. The Hall–Kier alpha value is -1.56. The summed E-state index contributed by atoms with van der Waals surface area (Å²) in [5, 5.41) is 11.0. The number of hydrogen-bond acceptors (Lipinski definition) is 3. The lowest BCUT2D eigenvalue weighted by atomic mass is 9.98. The summed E-state index contributed by atoms with van der Waals surface area (Å²) in [5.41, 5.74) is 1.30. The molecule has 0 bridgehead atoms. The zero-order valence-electron chi connectivity index (χ0n) is 14.4. The third-order valence-corrected chi connectivity index (χ3v) is 4.34. The van der Waals surface area contributed by atoms with Crippen LogP contribution < -0.4 is 10.6 Å². The van der Waals surface area contributed by atoms with Gasteiger partial charge in [0, 0.05) is 44.5 Å². The molecule has 0 atom stereocenters. The molecule has 0 aliphatic carbocycles. The quantitative estimate of drug-likeness (QED) is 0.637. The van der Waals surface area contributed by atoms with Gasteiger partial charge in [0.1, 0.15) is 0 Å². The first-order valence-electron chi connectivity index (χ1n) is 8.18.